The first-order valence-electron chi connectivity index (χ1n) is 6.76. The molecular formula is C15H22N4. The standard InChI is InChI=1S/C15H22N4/c1-18-6-5-13(10-18)11-19(2)15-4-3-12(8-16)7-14(15)9-17/h3-4,7,13H,5-6,8,10-11,16H2,1-2H3. The summed E-state index contributed by atoms with van der Waals surface area (Å²) in [7, 11) is 4.23. The maximum absolute atomic E-state index is 9.26. The minimum Gasteiger partial charge on any atom is -0.373 e. The Kier molecular flexibility index (Phi) is 4.41. The molecule has 1 aromatic rings. The van der Waals surface area contributed by atoms with Crippen LogP contribution in [0.25, 0.3) is 0 Å². The second-order valence-electron chi connectivity index (χ2n) is 5.46. The van der Waals surface area contributed by atoms with E-state index in [9.17, 15) is 5.26 Å². The first-order chi connectivity index (χ1) is 9.13. The monoisotopic (exact) mass is 258 g/mol. The molecule has 4 heteroatoms. The van der Waals surface area contributed by atoms with Crippen molar-refractivity contribution in [2.75, 3.05) is 38.6 Å². The van der Waals surface area contributed by atoms with Gasteiger partial charge in [-0.1, -0.05) is 6.07 Å². The Morgan fingerprint density at radius 2 is 2.32 bits per heavy atom. The van der Waals surface area contributed by atoms with Crippen LogP contribution in [0.1, 0.15) is 17.5 Å². The molecule has 0 amide bonds. The highest BCUT2D eigenvalue weighted by molar-refractivity contribution is 5.60. The van der Waals surface area contributed by atoms with Crippen LogP contribution >= 0.6 is 0 Å². The number of nitriles is 1. The fraction of sp³-hybridized carbons (Fsp3) is 0.533. The van der Waals surface area contributed by atoms with Crippen LogP contribution in [-0.4, -0.2) is 38.6 Å². The molecule has 0 aromatic heterocycles. The Morgan fingerprint density at radius 1 is 1.53 bits per heavy atom. The van der Waals surface area contributed by atoms with E-state index >= 15 is 0 Å². The van der Waals surface area contributed by atoms with Gasteiger partial charge in [-0.3, -0.25) is 0 Å². The van der Waals surface area contributed by atoms with Crippen LogP contribution in [0, 0.1) is 17.2 Å². The number of hydrogen-bond donors (Lipinski definition) is 1. The molecule has 2 rings (SSSR count). The summed E-state index contributed by atoms with van der Waals surface area (Å²) in [4.78, 5) is 4.56. The lowest BCUT2D eigenvalue weighted by Crippen LogP contribution is -2.27. The molecule has 4 nitrogen and oxygen atoms in total. The normalized spacial score (nSPS) is 19.4. The SMILES string of the molecule is CN1CCC(CN(C)c2ccc(CN)cc2C#N)C1. The third kappa shape index (κ3) is 3.25. The average Bonchev–Trinajstić information content (AvgIpc) is 2.83. The van der Waals surface area contributed by atoms with Crippen LogP contribution in [0.5, 0.6) is 0 Å². The largest absolute Gasteiger partial charge is 0.373 e. The third-order valence-electron chi connectivity index (χ3n) is 3.85. The summed E-state index contributed by atoms with van der Waals surface area (Å²) >= 11 is 0. The molecule has 1 aliphatic heterocycles. The van der Waals surface area contributed by atoms with Crippen LogP contribution in [0.2, 0.25) is 0 Å². The smallest absolute Gasteiger partial charge is 0.101 e. The molecule has 0 bridgehead atoms. The fourth-order valence-electron chi connectivity index (χ4n) is 2.79. The van der Waals surface area contributed by atoms with E-state index in [1.807, 2.05) is 18.2 Å². The van der Waals surface area contributed by atoms with E-state index in [2.05, 4.69) is 30.0 Å². The van der Waals surface area contributed by atoms with E-state index in [0.717, 1.165) is 29.9 Å². The first kappa shape index (κ1) is 13.9. The lowest BCUT2D eigenvalue weighted by Gasteiger charge is -2.24. The maximum atomic E-state index is 9.26. The quantitative estimate of drug-likeness (QED) is 0.887. The van der Waals surface area contributed by atoms with Gasteiger partial charge in [0.05, 0.1) is 11.3 Å². The zero-order valence-electron chi connectivity index (χ0n) is 11.8. The fourth-order valence-corrected chi connectivity index (χ4v) is 2.79. The van der Waals surface area contributed by atoms with Crippen molar-refractivity contribution in [3.05, 3.63) is 29.3 Å². The van der Waals surface area contributed by atoms with Crippen LogP contribution in [0.15, 0.2) is 18.2 Å². The van der Waals surface area contributed by atoms with Crippen LogP contribution < -0.4 is 10.6 Å². The molecule has 0 saturated carbocycles. The van der Waals surface area contributed by atoms with Gasteiger partial charge < -0.3 is 15.5 Å². The Morgan fingerprint density at radius 3 is 2.89 bits per heavy atom. The van der Waals surface area contributed by atoms with Crippen molar-refractivity contribution in [2.45, 2.75) is 13.0 Å². The van der Waals surface area contributed by atoms with Gasteiger partial charge in [0.1, 0.15) is 6.07 Å². The molecule has 1 heterocycles. The van der Waals surface area contributed by atoms with Crippen molar-refractivity contribution in [3.63, 3.8) is 0 Å². The molecule has 1 aliphatic rings. The Balaban J connectivity index is 2.10. The van der Waals surface area contributed by atoms with Crippen molar-refractivity contribution in [1.29, 1.82) is 5.26 Å². The van der Waals surface area contributed by atoms with E-state index in [1.165, 1.54) is 13.0 Å². The molecule has 1 aromatic carbocycles. The van der Waals surface area contributed by atoms with Crippen LogP contribution in [-0.2, 0) is 6.54 Å². The minimum atomic E-state index is 0.478. The van der Waals surface area contributed by atoms with Crippen molar-refractivity contribution in [1.82, 2.24) is 4.90 Å². The molecule has 102 valence electrons. The number of likely N-dealkylation sites (tertiary alicyclic amines) is 1. The van der Waals surface area contributed by atoms with Gasteiger partial charge in [-0.05, 0) is 43.6 Å². The van der Waals surface area contributed by atoms with Gasteiger partial charge >= 0.3 is 0 Å². The van der Waals surface area contributed by atoms with Crippen molar-refractivity contribution in [2.24, 2.45) is 11.7 Å². The van der Waals surface area contributed by atoms with Crippen molar-refractivity contribution < 1.29 is 0 Å². The molecular weight excluding hydrogens is 236 g/mol. The van der Waals surface area contributed by atoms with Crippen LogP contribution in [0.3, 0.4) is 0 Å². The number of anilines is 1. The topological polar surface area (TPSA) is 56.3 Å². The Labute approximate surface area is 115 Å². The lowest BCUT2D eigenvalue weighted by molar-refractivity contribution is 0.396. The van der Waals surface area contributed by atoms with E-state index < -0.39 is 0 Å². The summed E-state index contributed by atoms with van der Waals surface area (Å²) in [6, 6.07) is 8.19. The molecule has 1 unspecified atom stereocenters. The highest BCUT2D eigenvalue weighted by Gasteiger charge is 2.21. The number of rotatable bonds is 4. The molecule has 2 N–H and O–H groups in total. The molecule has 0 radical (unpaired) electrons. The number of nitrogens with two attached hydrogens (primary N) is 1. The predicted octanol–water partition coefficient (Wildman–Crippen LogP) is 1.40. The van der Waals surface area contributed by atoms with Gasteiger partial charge in [-0.15, -0.1) is 0 Å². The molecule has 0 aliphatic carbocycles. The van der Waals surface area contributed by atoms with Crippen LogP contribution in [0.4, 0.5) is 5.69 Å². The second kappa shape index (κ2) is 6.05. The van der Waals surface area contributed by atoms with Gasteiger partial charge in [0.25, 0.3) is 0 Å². The summed E-state index contributed by atoms with van der Waals surface area (Å²) < 4.78 is 0. The number of benzene rings is 1. The summed E-state index contributed by atoms with van der Waals surface area (Å²) in [5.41, 5.74) is 8.35. The lowest BCUT2D eigenvalue weighted by atomic mass is 10.1. The molecule has 1 saturated heterocycles. The van der Waals surface area contributed by atoms with Crippen molar-refractivity contribution in [3.8, 4) is 6.07 Å². The highest BCUT2D eigenvalue weighted by Crippen LogP contribution is 2.23. The van der Waals surface area contributed by atoms with Gasteiger partial charge in [0, 0.05) is 26.7 Å². The molecule has 1 fully saturated rings. The van der Waals surface area contributed by atoms with Gasteiger partial charge in [0.2, 0.25) is 0 Å². The van der Waals surface area contributed by atoms with Gasteiger partial charge in [-0.25, -0.2) is 0 Å². The summed E-state index contributed by atoms with van der Waals surface area (Å²) in [5, 5.41) is 9.26. The van der Waals surface area contributed by atoms with Gasteiger partial charge in [-0.2, -0.15) is 5.26 Å². The van der Waals surface area contributed by atoms with E-state index in [0.29, 0.717) is 12.5 Å². The minimum absolute atomic E-state index is 0.478. The first-order valence-corrected chi connectivity index (χ1v) is 6.76. The van der Waals surface area contributed by atoms with E-state index in [1.54, 1.807) is 0 Å². The summed E-state index contributed by atoms with van der Waals surface area (Å²) in [6.45, 7) is 3.80. The summed E-state index contributed by atoms with van der Waals surface area (Å²) in [6.07, 6.45) is 1.24. The van der Waals surface area contributed by atoms with Gasteiger partial charge in [0.15, 0.2) is 0 Å². The number of hydrogen-bond acceptors (Lipinski definition) is 4. The predicted molar refractivity (Wildman–Crippen MR) is 77.9 cm³/mol. The number of nitrogens with zero attached hydrogens (tertiary/aromatic N) is 3. The molecule has 19 heavy (non-hydrogen) atoms. The van der Waals surface area contributed by atoms with E-state index in [-0.39, 0.29) is 0 Å². The second-order valence-corrected chi connectivity index (χ2v) is 5.46. The zero-order valence-corrected chi connectivity index (χ0v) is 11.8. The summed E-state index contributed by atoms with van der Waals surface area (Å²) in [5.74, 6) is 0.690. The highest BCUT2D eigenvalue weighted by atomic mass is 15.2. The van der Waals surface area contributed by atoms with E-state index in [4.69, 9.17) is 5.73 Å². The maximum Gasteiger partial charge on any atom is 0.101 e. The zero-order chi connectivity index (χ0) is 13.8. The third-order valence-corrected chi connectivity index (χ3v) is 3.85. The Hall–Kier alpha value is -1.57. The average molecular weight is 258 g/mol. The van der Waals surface area contributed by atoms with Crippen molar-refractivity contribution >= 4 is 5.69 Å². The Bertz CT molecular complexity index is 478. The molecule has 0 spiro atoms. The molecule has 1 atom stereocenters.